The molecule has 1 aromatic rings. The predicted molar refractivity (Wildman–Crippen MR) is 102 cm³/mol. The minimum atomic E-state index is -4.21. The van der Waals surface area contributed by atoms with E-state index in [0.717, 1.165) is 42.8 Å². The van der Waals surface area contributed by atoms with E-state index < -0.39 is 10.3 Å². The topological polar surface area (TPSA) is 87.1 Å². The third-order valence-corrected chi connectivity index (χ3v) is 8.37. The number of ether oxygens (including phenoxy) is 1. The summed E-state index contributed by atoms with van der Waals surface area (Å²) in [4.78, 5) is 0. The molecule has 150 valence electrons. The molecule has 0 heterocycles. The van der Waals surface area contributed by atoms with E-state index in [4.69, 9.17) is 9.29 Å². The van der Waals surface area contributed by atoms with Crippen LogP contribution in [-0.2, 0) is 21.5 Å². The molecule has 2 saturated carbocycles. The van der Waals surface area contributed by atoms with E-state index in [1.165, 1.54) is 18.2 Å². The van der Waals surface area contributed by atoms with Gasteiger partial charge in [0.05, 0.1) is 6.10 Å². The van der Waals surface area contributed by atoms with Gasteiger partial charge in [0, 0.05) is 7.05 Å². The highest BCUT2D eigenvalue weighted by molar-refractivity contribution is 7.83. The van der Waals surface area contributed by atoms with Gasteiger partial charge in [-0.25, -0.2) is 0 Å². The summed E-state index contributed by atoms with van der Waals surface area (Å²) in [6, 6.07) is 5.83. The Kier molecular flexibility index (Phi) is 4.78. The molecule has 0 amide bonds. The maximum absolute atomic E-state index is 11.2. The summed E-state index contributed by atoms with van der Waals surface area (Å²) in [6.07, 6.45) is 6.36. The Morgan fingerprint density at radius 2 is 2.04 bits per heavy atom. The molecule has 0 saturated heterocycles. The molecule has 2 fully saturated rings. The van der Waals surface area contributed by atoms with Crippen molar-refractivity contribution in [1.82, 2.24) is 4.31 Å². The van der Waals surface area contributed by atoms with Gasteiger partial charge in [-0.3, -0.25) is 4.55 Å². The van der Waals surface area contributed by atoms with Crippen LogP contribution in [0.15, 0.2) is 18.2 Å². The van der Waals surface area contributed by atoms with Gasteiger partial charge in [0.25, 0.3) is 0 Å². The molecule has 6 nitrogen and oxygen atoms in total. The van der Waals surface area contributed by atoms with Gasteiger partial charge in [-0.05, 0) is 85.0 Å². The zero-order chi connectivity index (χ0) is 19.4. The third kappa shape index (κ3) is 3.28. The number of benzene rings is 1. The van der Waals surface area contributed by atoms with Gasteiger partial charge in [0.2, 0.25) is 0 Å². The molecule has 0 radical (unpaired) electrons. The minimum absolute atomic E-state index is 0.0221. The molecular formula is C20H29NO5S. The molecule has 5 atom stereocenters. The summed E-state index contributed by atoms with van der Waals surface area (Å²) < 4.78 is 38.4. The second kappa shape index (κ2) is 6.72. The van der Waals surface area contributed by atoms with Crippen LogP contribution in [0.3, 0.4) is 0 Å². The molecule has 7 heteroatoms. The van der Waals surface area contributed by atoms with Gasteiger partial charge in [0.1, 0.15) is 12.5 Å². The van der Waals surface area contributed by atoms with Crippen molar-refractivity contribution in [1.29, 1.82) is 0 Å². The molecule has 0 aromatic heterocycles. The van der Waals surface area contributed by atoms with Gasteiger partial charge in [-0.1, -0.05) is 13.0 Å². The Labute approximate surface area is 161 Å². The second-order valence-electron chi connectivity index (χ2n) is 8.78. The van der Waals surface area contributed by atoms with Gasteiger partial charge in [0.15, 0.2) is 0 Å². The molecule has 3 aliphatic rings. The van der Waals surface area contributed by atoms with E-state index in [1.54, 1.807) is 6.07 Å². The van der Waals surface area contributed by atoms with E-state index in [9.17, 15) is 13.5 Å². The van der Waals surface area contributed by atoms with E-state index in [2.05, 4.69) is 13.0 Å². The van der Waals surface area contributed by atoms with E-state index >= 15 is 0 Å². The van der Waals surface area contributed by atoms with Gasteiger partial charge in [-0.15, -0.1) is 0 Å². The standard InChI is InChI=1S/C20H29NO5S/c1-20-10-9-16-15-6-4-14(22)11-13(15)3-5-17(16)18(20)7-8-19(20)26-12-21(2)27(23,24)25/h4,6,11,16-19,22H,3,5,7-10,12H2,1-2H3,(H,23,24,25)/t16-,17-,18+,19+,20+/m1/s1. The minimum Gasteiger partial charge on any atom is -0.508 e. The van der Waals surface area contributed by atoms with Crippen LogP contribution in [0.1, 0.15) is 56.1 Å². The number of hydrogen-bond donors (Lipinski definition) is 2. The van der Waals surface area contributed by atoms with Crippen LogP contribution in [0.5, 0.6) is 5.75 Å². The van der Waals surface area contributed by atoms with Crippen LogP contribution in [0.2, 0.25) is 0 Å². The Balaban J connectivity index is 1.51. The highest BCUT2D eigenvalue weighted by atomic mass is 32.2. The highest BCUT2D eigenvalue weighted by Gasteiger charge is 2.55. The van der Waals surface area contributed by atoms with E-state index in [-0.39, 0.29) is 18.2 Å². The van der Waals surface area contributed by atoms with Crippen molar-refractivity contribution in [2.24, 2.45) is 17.3 Å². The van der Waals surface area contributed by atoms with Crippen molar-refractivity contribution in [3.8, 4) is 5.75 Å². The van der Waals surface area contributed by atoms with Crippen LogP contribution in [0.25, 0.3) is 0 Å². The van der Waals surface area contributed by atoms with Crippen LogP contribution in [-0.4, -0.2) is 42.3 Å². The first-order chi connectivity index (χ1) is 12.7. The molecule has 1 aromatic carbocycles. The fourth-order valence-electron chi connectivity index (χ4n) is 6.06. The quantitative estimate of drug-likeness (QED) is 0.603. The monoisotopic (exact) mass is 395 g/mol. The zero-order valence-corrected chi connectivity index (χ0v) is 16.8. The first-order valence-corrected chi connectivity index (χ1v) is 11.2. The summed E-state index contributed by atoms with van der Waals surface area (Å²) in [6.45, 7) is 2.19. The summed E-state index contributed by atoms with van der Waals surface area (Å²) in [5.41, 5.74) is 2.75. The maximum atomic E-state index is 11.2. The SMILES string of the molecule is CN(CO[C@H]1CC[C@H]2[C@@H]3CCc4cc(O)ccc4[C@H]3CC[C@]12C)S(=O)(=O)O. The van der Waals surface area contributed by atoms with Gasteiger partial charge < -0.3 is 9.84 Å². The lowest BCUT2D eigenvalue weighted by Crippen LogP contribution is -2.45. The smallest absolute Gasteiger partial charge is 0.337 e. The zero-order valence-electron chi connectivity index (χ0n) is 16.0. The maximum Gasteiger partial charge on any atom is 0.337 e. The van der Waals surface area contributed by atoms with Crippen LogP contribution < -0.4 is 0 Å². The Morgan fingerprint density at radius 1 is 1.26 bits per heavy atom. The van der Waals surface area contributed by atoms with E-state index in [1.807, 2.05) is 6.07 Å². The lowest BCUT2D eigenvalue weighted by Gasteiger charge is -2.50. The van der Waals surface area contributed by atoms with Gasteiger partial charge in [-0.2, -0.15) is 12.7 Å². The molecule has 27 heavy (non-hydrogen) atoms. The predicted octanol–water partition coefficient (Wildman–Crippen LogP) is 3.33. The van der Waals surface area contributed by atoms with Gasteiger partial charge >= 0.3 is 10.3 Å². The van der Waals surface area contributed by atoms with Crippen LogP contribution >= 0.6 is 0 Å². The van der Waals surface area contributed by atoms with Crippen molar-refractivity contribution in [3.05, 3.63) is 29.3 Å². The number of hydrogen-bond acceptors (Lipinski definition) is 4. The average molecular weight is 396 g/mol. The van der Waals surface area contributed by atoms with Crippen molar-refractivity contribution in [2.45, 2.75) is 57.5 Å². The summed E-state index contributed by atoms with van der Waals surface area (Å²) in [7, 11) is -2.88. The number of aryl methyl sites for hydroxylation is 1. The van der Waals surface area contributed by atoms with Crippen molar-refractivity contribution in [3.63, 3.8) is 0 Å². The number of phenols is 1. The molecule has 0 bridgehead atoms. The number of aromatic hydroxyl groups is 1. The number of fused-ring (bicyclic) bond motifs is 5. The van der Waals surface area contributed by atoms with Crippen LogP contribution in [0, 0.1) is 17.3 Å². The molecule has 0 spiro atoms. The number of nitrogens with zero attached hydrogens (tertiary/aromatic N) is 1. The summed E-state index contributed by atoms with van der Waals surface area (Å²) >= 11 is 0. The van der Waals surface area contributed by atoms with Crippen molar-refractivity contribution >= 4 is 10.3 Å². The Bertz CT molecular complexity index is 826. The number of rotatable bonds is 4. The first-order valence-electron chi connectivity index (χ1n) is 9.82. The molecule has 4 rings (SSSR count). The second-order valence-corrected chi connectivity index (χ2v) is 10.3. The number of phenolic OH excluding ortho intramolecular Hbond substituents is 1. The van der Waals surface area contributed by atoms with Crippen LogP contribution in [0.4, 0.5) is 0 Å². The molecule has 3 aliphatic carbocycles. The highest BCUT2D eigenvalue weighted by Crippen LogP contribution is 2.61. The molecule has 2 N–H and O–H groups in total. The fraction of sp³-hybridized carbons (Fsp3) is 0.700. The first kappa shape index (κ1) is 19.2. The fourth-order valence-corrected chi connectivity index (χ4v) is 6.25. The van der Waals surface area contributed by atoms with E-state index in [0.29, 0.717) is 23.5 Å². The third-order valence-electron chi connectivity index (χ3n) is 7.47. The van der Waals surface area contributed by atoms with Crippen molar-refractivity contribution < 1.29 is 22.8 Å². The molecular weight excluding hydrogens is 366 g/mol. The average Bonchev–Trinajstić information content (AvgIpc) is 2.94. The summed E-state index contributed by atoms with van der Waals surface area (Å²) in [5, 5.41) is 9.79. The molecule has 0 unspecified atom stereocenters. The summed E-state index contributed by atoms with van der Waals surface area (Å²) in [5.74, 6) is 2.09. The van der Waals surface area contributed by atoms with Crippen molar-refractivity contribution in [2.75, 3.05) is 13.8 Å². The normalized spacial score (nSPS) is 35.6. The Hall–Kier alpha value is -1.15. The largest absolute Gasteiger partial charge is 0.508 e. The lowest BCUT2D eigenvalue weighted by molar-refractivity contribution is -0.0807. The Morgan fingerprint density at radius 3 is 2.78 bits per heavy atom. The molecule has 0 aliphatic heterocycles. The lowest BCUT2D eigenvalue weighted by atomic mass is 9.55.